The van der Waals surface area contributed by atoms with Crippen LogP contribution >= 0.6 is 0 Å². The molecule has 1 atom stereocenters. The average Bonchev–Trinajstić information content (AvgIpc) is 3.17. The van der Waals surface area contributed by atoms with Crippen LogP contribution < -0.4 is 4.72 Å². The summed E-state index contributed by atoms with van der Waals surface area (Å²) >= 11 is 0. The highest BCUT2D eigenvalue weighted by molar-refractivity contribution is 7.90. The summed E-state index contributed by atoms with van der Waals surface area (Å²) in [5.41, 5.74) is 2.92. The van der Waals surface area contributed by atoms with E-state index < -0.39 is 22.0 Å². The molecule has 0 saturated carbocycles. The molecule has 0 saturated heterocycles. The van der Waals surface area contributed by atoms with E-state index in [2.05, 4.69) is 14.7 Å². The van der Waals surface area contributed by atoms with Gasteiger partial charge in [0.05, 0.1) is 10.6 Å². The molecule has 8 nitrogen and oxygen atoms in total. The molecule has 9 heteroatoms. The van der Waals surface area contributed by atoms with Crippen LogP contribution in [0.3, 0.4) is 0 Å². The standard InChI is InChI=1S/C19H18N4O4S/c1-12-7-8-17-21-14(10-23(17)9-12)11-27-19(24)13(2)20-18-15-5-3-4-6-16(15)28(25,26)22-18/h3-10,13H,11H2,1-2H3,(H,20,22)/t13-/m0/s1. The first-order valence-electron chi connectivity index (χ1n) is 8.64. The van der Waals surface area contributed by atoms with Crippen LogP contribution in [0.1, 0.15) is 23.7 Å². The summed E-state index contributed by atoms with van der Waals surface area (Å²) in [6.45, 7) is 3.55. The van der Waals surface area contributed by atoms with Crippen molar-refractivity contribution in [3.63, 3.8) is 0 Å². The molecule has 1 aliphatic rings. The van der Waals surface area contributed by atoms with Crippen LogP contribution in [-0.2, 0) is 26.2 Å². The molecule has 3 heterocycles. The minimum absolute atomic E-state index is 0.0110. The number of aliphatic imine (C=N–C) groups is 1. The fourth-order valence-electron chi connectivity index (χ4n) is 2.97. The summed E-state index contributed by atoms with van der Waals surface area (Å²) in [4.78, 5) is 21.1. The predicted octanol–water partition coefficient (Wildman–Crippen LogP) is 1.81. The van der Waals surface area contributed by atoms with E-state index in [1.807, 2.05) is 29.7 Å². The number of pyridine rings is 1. The number of carbonyl (C=O) groups is 1. The van der Waals surface area contributed by atoms with Gasteiger partial charge in [-0.2, -0.15) is 0 Å². The molecule has 2 aromatic heterocycles. The number of esters is 1. The van der Waals surface area contributed by atoms with E-state index in [0.717, 1.165) is 11.2 Å². The number of carbonyl (C=O) groups excluding carboxylic acids is 1. The van der Waals surface area contributed by atoms with Crippen LogP contribution in [0, 0.1) is 6.92 Å². The van der Waals surface area contributed by atoms with Gasteiger partial charge in [-0.3, -0.25) is 9.71 Å². The quantitative estimate of drug-likeness (QED) is 0.676. The minimum atomic E-state index is -3.65. The van der Waals surface area contributed by atoms with E-state index in [1.165, 1.54) is 6.07 Å². The Hall–Kier alpha value is -3.20. The molecule has 0 unspecified atom stereocenters. The molecule has 0 amide bonds. The molecular formula is C19H18N4O4S. The average molecular weight is 398 g/mol. The van der Waals surface area contributed by atoms with Crippen molar-refractivity contribution in [1.29, 1.82) is 0 Å². The lowest BCUT2D eigenvalue weighted by atomic mass is 10.2. The second kappa shape index (κ2) is 6.75. The van der Waals surface area contributed by atoms with Gasteiger partial charge in [0.1, 0.15) is 24.1 Å². The van der Waals surface area contributed by atoms with Crippen LogP contribution in [-0.4, -0.2) is 35.6 Å². The summed E-state index contributed by atoms with van der Waals surface area (Å²) in [6, 6.07) is 9.45. The maximum Gasteiger partial charge on any atom is 0.331 e. The Morgan fingerprint density at radius 2 is 2.04 bits per heavy atom. The number of rotatable bonds is 4. The van der Waals surface area contributed by atoms with E-state index in [0.29, 0.717) is 11.3 Å². The van der Waals surface area contributed by atoms with Crippen molar-refractivity contribution in [2.24, 2.45) is 4.99 Å². The van der Waals surface area contributed by atoms with Gasteiger partial charge in [0.2, 0.25) is 0 Å². The molecule has 0 spiro atoms. The van der Waals surface area contributed by atoms with E-state index in [-0.39, 0.29) is 17.3 Å². The number of aryl methyl sites for hydroxylation is 1. The fourth-order valence-corrected chi connectivity index (χ4v) is 4.21. The zero-order valence-electron chi connectivity index (χ0n) is 15.3. The number of aromatic nitrogens is 2. The predicted molar refractivity (Wildman–Crippen MR) is 102 cm³/mol. The Labute approximate surface area is 161 Å². The number of hydrogen-bond donors (Lipinski definition) is 1. The largest absolute Gasteiger partial charge is 0.458 e. The molecule has 1 aliphatic heterocycles. The summed E-state index contributed by atoms with van der Waals surface area (Å²) < 4.78 is 33.8. The monoisotopic (exact) mass is 398 g/mol. The first kappa shape index (κ1) is 18.2. The molecule has 144 valence electrons. The number of ether oxygens (including phenoxy) is 1. The summed E-state index contributed by atoms with van der Waals surface area (Å²) in [7, 11) is -3.65. The van der Waals surface area contributed by atoms with Crippen molar-refractivity contribution >= 4 is 27.5 Å². The molecule has 0 bridgehead atoms. The third-order valence-electron chi connectivity index (χ3n) is 4.34. The second-order valence-corrected chi connectivity index (χ2v) is 8.22. The topological polar surface area (TPSA) is 102 Å². The molecule has 4 rings (SSSR count). The Kier molecular flexibility index (Phi) is 4.38. The van der Waals surface area contributed by atoms with Crippen molar-refractivity contribution in [3.8, 4) is 0 Å². The van der Waals surface area contributed by atoms with Crippen LogP contribution in [0.5, 0.6) is 0 Å². The number of nitrogens with zero attached hydrogens (tertiary/aromatic N) is 3. The van der Waals surface area contributed by atoms with Crippen molar-refractivity contribution in [1.82, 2.24) is 14.1 Å². The summed E-state index contributed by atoms with van der Waals surface area (Å²) in [6.07, 6.45) is 3.74. The van der Waals surface area contributed by atoms with Gasteiger partial charge < -0.3 is 9.14 Å². The number of hydrogen-bond acceptors (Lipinski definition) is 6. The maximum atomic E-state index is 12.3. The lowest BCUT2D eigenvalue weighted by Gasteiger charge is -2.08. The molecular weight excluding hydrogens is 380 g/mol. The number of sulfonamides is 1. The zero-order valence-corrected chi connectivity index (χ0v) is 16.1. The molecule has 0 radical (unpaired) electrons. The first-order valence-corrected chi connectivity index (χ1v) is 10.1. The van der Waals surface area contributed by atoms with Gasteiger partial charge in [-0.25, -0.2) is 18.2 Å². The summed E-state index contributed by atoms with van der Waals surface area (Å²) in [5, 5.41) is 0. The third kappa shape index (κ3) is 3.36. The van der Waals surface area contributed by atoms with E-state index >= 15 is 0 Å². The van der Waals surface area contributed by atoms with Gasteiger partial charge in [0.15, 0.2) is 0 Å². The molecule has 0 aliphatic carbocycles. The second-order valence-electron chi connectivity index (χ2n) is 6.57. The van der Waals surface area contributed by atoms with Crippen LogP contribution in [0.2, 0.25) is 0 Å². The molecule has 1 N–H and O–H groups in total. The van der Waals surface area contributed by atoms with Gasteiger partial charge in [-0.1, -0.05) is 18.2 Å². The molecule has 0 fully saturated rings. The van der Waals surface area contributed by atoms with Crippen molar-refractivity contribution in [2.75, 3.05) is 0 Å². The lowest BCUT2D eigenvalue weighted by molar-refractivity contribution is -0.146. The van der Waals surface area contributed by atoms with Crippen LogP contribution in [0.4, 0.5) is 0 Å². The van der Waals surface area contributed by atoms with Crippen molar-refractivity contribution < 1.29 is 17.9 Å². The smallest absolute Gasteiger partial charge is 0.331 e. The Morgan fingerprint density at radius 1 is 1.25 bits per heavy atom. The highest BCUT2D eigenvalue weighted by Gasteiger charge is 2.31. The molecule has 28 heavy (non-hydrogen) atoms. The third-order valence-corrected chi connectivity index (χ3v) is 5.73. The van der Waals surface area contributed by atoms with Gasteiger partial charge in [-0.15, -0.1) is 0 Å². The van der Waals surface area contributed by atoms with Gasteiger partial charge >= 0.3 is 5.97 Å². The highest BCUT2D eigenvalue weighted by atomic mass is 32.2. The van der Waals surface area contributed by atoms with Gasteiger partial charge in [0, 0.05) is 18.0 Å². The summed E-state index contributed by atoms with van der Waals surface area (Å²) in [5.74, 6) is -0.424. The minimum Gasteiger partial charge on any atom is -0.458 e. The number of nitrogens with one attached hydrogen (secondary N) is 1. The normalized spacial score (nSPS) is 17.3. The van der Waals surface area contributed by atoms with E-state index in [9.17, 15) is 13.2 Å². The van der Waals surface area contributed by atoms with Gasteiger partial charge in [-0.05, 0) is 37.6 Å². The fraction of sp³-hybridized carbons (Fsp3) is 0.211. The van der Waals surface area contributed by atoms with E-state index in [4.69, 9.17) is 4.74 Å². The number of benzene rings is 1. The lowest BCUT2D eigenvalue weighted by Crippen LogP contribution is -2.26. The molecule has 1 aromatic carbocycles. The molecule has 3 aromatic rings. The number of imidazole rings is 1. The van der Waals surface area contributed by atoms with Crippen LogP contribution in [0.15, 0.2) is 58.7 Å². The Balaban J connectivity index is 1.47. The van der Waals surface area contributed by atoms with Crippen molar-refractivity contribution in [3.05, 3.63) is 65.6 Å². The van der Waals surface area contributed by atoms with Gasteiger partial charge in [0.25, 0.3) is 10.0 Å². The number of fused-ring (bicyclic) bond motifs is 2. The first-order chi connectivity index (χ1) is 13.3. The highest BCUT2D eigenvalue weighted by Crippen LogP contribution is 2.22. The van der Waals surface area contributed by atoms with Crippen LogP contribution in [0.25, 0.3) is 5.65 Å². The van der Waals surface area contributed by atoms with E-state index in [1.54, 1.807) is 31.3 Å². The Bertz CT molecular complexity index is 1210. The zero-order chi connectivity index (χ0) is 19.9. The number of amidine groups is 1. The van der Waals surface area contributed by atoms with Crippen molar-refractivity contribution in [2.45, 2.75) is 31.4 Å². The SMILES string of the molecule is Cc1ccc2nc(COC(=O)[C@H](C)N=C3NS(=O)(=O)c4ccccc43)cn2c1. The maximum absolute atomic E-state index is 12.3. The Morgan fingerprint density at radius 3 is 2.86 bits per heavy atom.